The molecule has 1 fully saturated rings. The number of carbonyl (C=O) groups is 3. The zero-order chi connectivity index (χ0) is 35.6. The van der Waals surface area contributed by atoms with Gasteiger partial charge in [-0.05, 0) is 42.4 Å². The van der Waals surface area contributed by atoms with Crippen LogP contribution < -0.4 is 5.32 Å². The van der Waals surface area contributed by atoms with Gasteiger partial charge in [-0.1, -0.05) is 42.5 Å². The summed E-state index contributed by atoms with van der Waals surface area (Å²) < 4.78 is 78.8. The second-order valence-electron chi connectivity index (χ2n) is 10.3. The summed E-state index contributed by atoms with van der Waals surface area (Å²) in [5, 5.41) is 25.9. The van der Waals surface area contributed by atoms with Gasteiger partial charge in [0.25, 0.3) is 5.91 Å². The van der Waals surface area contributed by atoms with Gasteiger partial charge in [-0.3, -0.25) is 19.0 Å². The quantitative estimate of drug-likeness (QED) is 0.249. The maximum Gasteiger partial charge on any atom is 0.490 e. The van der Waals surface area contributed by atoms with E-state index in [2.05, 4.69) is 56.6 Å². The van der Waals surface area contributed by atoms with E-state index in [1.54, 1.807) is 30.5 Å². The summed E-state index contributed by atoms with van der Waals surface area (Å²) in [6.07, 6.45) is -8.38. The highest BCUT2D eigenvalue weighted by molar-refractivity contribution is 5.94. The number of fused-ring (bicyclic) bond motifs is 1. The number of amides is 1. The molecule has 3 N–H and O–H groups in total. The van der Waals surface area contributed by atoms with E-state index in [0.717, 1.165) is 32.0 Å². The van der Waals surface area contributed by atoms with Crippen molar-refractivity contribution in [2.45, 2.75) is 31.5 Å². The average Bonchev–Trinajstić information content (AvgIpc) is 3.44. The number of hydrogen-bond donors (Lipinski definition) is 3. The van der Waals surface area contributed by atoms with Crippen LogP contribution in [-0.2, 0) is 22.7 Å². The highest BCUT2D eigenvalue weighted by atomic mass is 19.4. The topological polar surface area (TPSA) is 140 Å². The number of aliphatic carboxylic acids is 2. The van der Waals surface area contributed by atoms with Gasteiger partial charge in [0.15, 0.2) is 11.5 Å². The van der Waals surface area contributed by atoms with E-state index in [1.165, 1.54) is 17.7 Å². The number of nitrogens with one attached hydrogen (secondary N) is 1. The van der Waals surface area contributed by atoms with Gasteiger partial charge < -0.3 is 15.5 Å². The molecule has 1 unspecified atom stereocenters. The van der Waals surface area contributed by atoms with Crippen LogP contribution in [0.15, 0.2) is 72.9 Å². The van der Waals surface area contributed by atoms with Crippen LogP contribution >= 0.6 is 0 Å². The number of halogens is 7. The van der Waals surface area contributed by atoms with E-state index >= 15 is 0 Å². The number of carbonyl (C=O) groups excluding carboxylic acids is 1. The summed E-state index contributed by atoms with van der Waals surface area (Å²) in [4.78, 5) is 35.3. The van der Waals surface area contributed by atoms with Gasteiger partial charge in [0.05, 0.1) is 11.6 Å². The third-order valence-corrected chi connectivity index (χ3v) is 6.80. The van der Waals surface area contributed by atoms with Crippen LogP contribution in [0.4, 0.5) is 30.7 Å². The first-order valence-electron chi connectivity index (χ1n) is 13.9. The van der Waals surface area contributed by atoms with Gasteiger partial charge in [-0.15, -0.1) is 10.2 Å². The lowest BCUT2D eigenvalue weighted by Crippen LogP contribution is -2.46. The van der Waals surface area contributed by atoms with Crippen LogP contribution in [0.1, 0.15) is 33.4 Å². The lowest BCUT2D eigenvalue weighted by molar-refractivity contribution is -0.193. The Hall–Kier alpha value is -5.10. The minimum atomic E-state index is -5.08. The number of piperazine rings is 1. The molecule has 1 atom stereocenters. The van der Waals surface area contributed by atoms with Crippen LogP contribution in [0.3, 0.4) is 0 Å². The van der Waals surface area contributed by atoms with E-state index in [4.69, 9.17) is 19.8 Å². The van der Waals surface area contributed by atoms with Crippen molar-refractivity contribution in [1.82, 2.24) is 29.7 Å². The third-order valence-electron chi connectivity index (χ3n) is 6.80. The molecule has 1 saturated heterocycles. The van der Waals surface area contributed by atoms with E-state index in [1.807, 2.05) is 10.5 Å². The first-order chi connectivity index (χ1) is 22.5. The predicted molar refractivity (Wildman–Crippen MR) is 155 cm³/mol. The van der Waals surface area contributed by atoms with Gasteiger partial charge in [0, 0.05) is 38.9 Å². The van der Waals surface area contributed by atoms with Gasteiger partial charge in [-0.25, -0.2) is 14.0 Å². The molecule has 18 heteroatoms. The van der Waals surface area contributed by atoms with E-state index < -0.39 is 24.3 Å². The summed E-state index contributed by atoms with van der Waals surface area (Å²) >= 11 is 0. The summed E-state index contributed by atoms with van der Waals surface area (Å²) in [6, 6.07) is 20.3. The van der Waals surface area contributed by atoms with Crippen LogP contribution in [-0.4, -0.2) is 91.5 Å². The summed E-state index contributed by atoms with van der Waals surface area (Å²) in [5.74, 6) is -5.25. The smallest absolute Gasteiger partial charge is 0.475 e. The zero-order valence-electron chi connectivity index (χ0n) is 25.0. The van der Waals surface area contributed by atoms with E-state index in [9.17, 15) is 35.5 Å². The zero-order valence-corrected chi connectivity index (χ0v) is 25.0. The Balaban J connectivity index is 0.000000376. The molecule has 1 aliphatic heterocycles. The molecule has 1 amide bonds. The molecule has 0 spiro atoms. The van der Waals surface area contributed by atoms with Crippen molar-refractivity contribution in [3.63, 3.8) is 0 Å². The lowest BCUT2D eigenvalue weighted by atomic mass is 10.1. The maximum absolute atomic E-state index is 13.4. The highest BCUT2D eigenvalue weighted by Crippen LogP contribution is 2.25. The fourth-order valence-electron chi connectivity index (χ4n) is 4.40. The molecular weight excluding hydrogens is 657 g/mol. The monoisotopic (exact) mass is 686 g/mol. The number of benzene rings is 2. The first kappa shape index (κ1) is 37.4. The molecule has 2 aromatic heterocycles. The average molecular weight is 687 g/mol. The molecule has 258 valence electrons. The lowest BCUT2D eigenvalue weighted by Gasteiger charge is -2.38. The number of nitrogens with zero attached hydrogens (tertiary/aromatic N) is 5. The Morgan fingerprint density at radius 1 is 0.854 bits per heavy atom. The largest absolute Gasteiger partial charge is 0.490 e. The Labute approximate surface area is 268 Å². The van der Waals surface area contributed by atoms with E-state index in [0.29, 0.717) is 16.8 Å². The highest BCUT2D eigenvalue weighted by Gasteiger charge is 2.39. The molecule has 0 saturated carbocycles. The number of pyridine rings is 1. The van der Waals surface area contributed by atoms with Crippen molar-refractivity contribution in [3.8, 4) is 0 Å². The van der Waals surface area contributed by atoms with Gasteiger partial charge >= 0.3 is 24.3 Å². The SMILES string of the molecule is CN1CCN(Cc2ccccc2)CC1c1nnc2ccc(C(=O)NCc3cccc(F)c3)cn12.O=C(O)C(F)(F)F.O=C(O)C(F)(F)F. The normalized spacial score (nSPS) is 15.5. The number of hydrogen-bond acceptors (Lipinski definition) is 7. The molecule has 2 aromatic carbocycles. The number of carboxylic acid groups (broad SMARTS) is 2. The summed E-state index contributed by atoms with van der Waals surface area (Å²) in [6.45, 7) is 3.86. The molecule has 48 heavy (non-hydrogen) atoms. The number of alkyl halides is 6. The molecule has 4 aromatic rings. The molecule has 3 heterocycles. The number of likely N-dealkylation sites (N-methyl/N-ethyl adjacent to an activating group) is 1. The maximum atomic E-state index is 13.4. The minimum Gasteiger partial charge on any atom is -0.475 e. The van der Waals surface area contributed by atoms with Crippen molar-refractivity contribution in [2.75, 3.05) is 26.7 Å². The molecule has 5 rings (SSSR count). The van der Waals surface area contributed by atoms with Crippen molar-refractivity contribution in [2.24, 2.45) is 0 Å². The molecule has 0 bridgehead atoms. The Bertz CT molecular complexity index is 1670. The number of aromatic nitrogens is 3. The fraction of sp³-hybridized carbons (Fsp3) is 0.300. The minimum absolute atomic E-state index is 0.0538. The van der Waals surface area contributed by atoms with Crippen molar-refractivity contribution in [1.29, 1.82) is 0 Å². The molecule has 0 aliphatic carbocycles. The fourth-order valence-corrected chi connectivity index (χ4v) is 4.40. The van der Waals surface area contributed by atoms with Crippen LogP contribution in [0.2, 0.25) is 0 Å². The molecular formula is C30H29F7N6O5. The predicted octanol–water partition coefficient (Wildman–Crippen LogP) is 4.55. The summed E-state index contributed by atoms with van der Waals surface area (Å²) in [5.41, 5.74) is 3.20. The second kappa shape index (κ2) is 16.1. The standard InChI is InChI=1S/C26H27FN6O.2C2HF3O2/c1-31-12-13-32(16-19-6-3-2-4-7-19)18-23(31)25-30-29-24-11-10-21(17-33(24)25)26(34)28-15-20-8-5-9-22(27)14-20;2*3-2(4,5)1(6)7/h2-11,14,17,23H,12-13,15-16,18H2,1H3,(H,28,34);2*(H,6,7). The van der Waals surface area contributed by atoms with E-state index in [-0.39, 0.29) is 24.3 Å². The van der Waals surface area contributed by atoms with Gasteiger partial charge in [0.2, 0.25) is 0 Å². The molecule has 1 aliphatic rings. The molecule has 11 nitrogen and oxygen atoms in total. The first-order valence-corrected chi connectivity index (χ1v) is 13.9. The Morgan fingerprint density at radius 2 is 1.46 bits per heavy atom. The van der Waals surface area contributed by atoms with Crippen LogP contribution in [0.5, 0.6) is 0 Å². The van der Waals surface area contributed by atoms with Crippen LogP contribution in [0, 0.1) is 5.82 Å². The van der Waals surface area contributed by atoms with Gasteiger partial charge in [0.1, 0.15) is 5.82 Å². The second-order valence-corrected chi connectivity index (χ2v) is 10.3. The van der Waals surface area contributed by atoms with Crippen molar-refractivity contribution < 1.29 is 55.3 Å². The van der Waals surface area contributed by atoms with Gasteiger partial charge in [-0.2, -0.15) is 26.3 Å². The van der Waals surface area contributed by atoms with Crippen molar-refractivity contribution in [3.05, 3.63) is 101 Å². The number of carboxylic acids is 2. The number of rotatable bonds is 6. The molecule has 0 radical (unpaired) electrons. The Kier molecular flexibility index (Phi) is 12.6. The van der Waals surface area contributed by atoms with Crippen LogP contribution in [0.25, 0.3) is 5.65 Å². The third kappa shape index (κ3) is 11.0. The summed E-state index contributed by atoms with van der Waals surface area (Å²) in [7, 11) is 2.10. The van der Waals surface area contributed by atoms with Crippen molar-refractivity contribution >= 4 is 23.5 Å². The Morgan fingerprint density at radius 3 is 2.04 bits per heavy atom.